The molecule has 0 bridgehead atoms. The standard InChI is InChI=1S/C25H25N5O4S/c1-3-29(4-2)13-14-34-25(31)19-5-9-21(10-6-19)27-16-20(15-26)24-28-23(17-35-24)18-7-11-22(12-8-18)30(32)33/h5-12,16-17,27H,3-4,13-14H2,1-2H3/b20-16+. The Hall–Kier alpha value is -4.07. The van der Waals surface area contributed by atoms with Crippen molar-refractivity contribution < 1.29 is 14.5 Å². The molecule has 0 saturated carbocycles. The number of rotatable bonds is 11. The van der Waals surface area contributed by atoms with Crippen LogP contribution in [0, 0.1) is 21.4 Å². The summed E-state index contributed by atoms with van der Waals surface area (Å²) >= 11 is 1.30. The van der Waals surface area contributed by atoms with Crippen molar-refractivity contribution in [2.75, 3.05) is 31.6 Å². The summed E-state index contributed by atoms with van der Waals surface area (Å²) in [6.07, 6.45) is 1.55. The summed E-state index contributed by atoms with van der Waals surface area (Å²) in [5.41, 5.74) is 2.85. The van der Waals surface area contributed by atoms with Crippen LogP contribution in [0.3, 0.4) is 0 Å². The van der Waals surface area contributed by atoms with Crippen LogP contribution in [0.2, 0.25) is 0 Å². The van der Waals surface area contributed by atoms with E-state index in [1.807, 2.05) is 0 Å². The Morgan fingerprint density at radius 3 is 2.49 bits per heavy atom. The van der Waals surface area contributed by atoms with E-state index in [4.69, 9.17) is 4.74 Å². The van der Waals surface area contributed by atoms with Crippen LogP contribution in [-0.2, 0) is 4.74 Å². The van der Waals surface area contributed by atoms with Crippen molar-refractivity contribution >= 4 is 34.3 Å². The lowest BCUT2D eigenvalue weighted by molar-refractivity contribution is -0.384. The minimum absolute atomic E-state index is 0.00456. The van der Waals surface area contributed by atoms with Crippen molar-refractivity contribution in [1.29, 1.82) is 5.26 Å². The number of nitrogens with one attached hydrogen (secondary N) is 1. The molecule has 3 aromatic rings. The van der Waals surface area contributed by atoms with Gasteiger partial charge in [-0.15, -0.1) is 11.3 Å². The topological polar surface area (TPSA) is 121 Å². The molecule has 180 valence electrons. The van der Waals surface area contributed by atoms with Crippen LogP contribution < -0.4 is 5.32 Å². The number of likely N-dealkylation sites (N-methyl/N-ethyl adjacent to an activating group) is 1. The normalized spacial score (nSPS) is 11.2. The summed E-state index contributed by atoms with van der Waals surface area (Å²) in [6.45, 7) is 6.98. The highest BCUT2D eigenvalue weighted by Gasteiger charge is 2.12. The highest BCUT2D eigenvalue weighted by atomic mass is 32.1. The lowest BCUT2D eigenvalue weighted by Crippen LogP contribution is -2.27. The number of anilines is 1. The third-order valence-corrected chi connectivity index (χ3v) is 6.14. The number of hydrogen-bond donors (Lipinski definition) is 1. The van der Waals surface area contributed by atoms with E-state index >= 15 is 0 Å². The molecule has 10 heteroatoms. The second-order valence-corrected chi connectivity index (χ2v) is 8.25. The molecular weight excluding hydrogens is 466 g/mol. The van der Waals surface area contributed by atoms with E-state index < -0.39 is 4.92 Å². The van der Waals surface area contributed by atoms with Gasteiger partial charge in [0.1, 0.15) is 23.3 Å². The number of ether oxygens (including phenoxy) is 1. The van der Waals surface area contributed by atoms with E-state index in [2.05, 4.69) is 35.1 Å². The minimum Gasteiger partial charge on any atom is -0.461 e. The SMILES string of the molecule is CCN(CC)CCOC(=O)c1ccc(N/C=C(\C#N)c2nc(-c3ccc([N+](=O)[O-])cc3)cs2)cc1. The number of carbonyl (C=O) groups excluding carboxylic acids is 1. The molecule has 9 nitrogen and oxygen atoms in total. The highest BCUT2D eigenvalue weighted by molar-refractivity contribution is 7.11. The molecule has 0 aliphatic heterocycles. The number of benzene rings is 2. The van der Waals surface area contributed by atoms with Gasteiger partial charge in [0.05, 0.1) is 16.2 Å². The molecule has 1 N–H and O–H groups in total. The molecule has 0 saturated heterocycles. The van der Waals surface area contributed by atoms with Crippen molar-refractivity contribution in [2.24, 2.45) is 0 Å². The van der Waals surface area contributed by atoms with Crippen LogP contribution in [0.25, 0.3) is 16.8 Å². The molecule has 0 fully saturated rings. The number of nitro benzene ring substituents is 1. The lowest BCUT2D eigenvalue weighted by atomic mass is 10.1. The van der Waals surface area contributed by atoms with Crippen LogP contribution in [0.5, 0.6) is 0 Å². The average molecular weight is 492 g/mol. The molecule has 0 amide bonds. The smallest absolute Gasteiger partial charge is 0.338 e. The Morgan fingerprint density at radius 1 is 1.20 bits per heavy atom. The fraction of sp³-hybridized carbons (Fsp3) is 0.240. The zero-order valence-electron chi connectivity index (χ0n) is 19.4. The Labute approximate surface area is 207 Å². The number of aromatic nitrogens is 1. The first-order valence-corrected chi connectivity index (χ1v) is 11.9. The molecule has 0 atom stereocenters. The third kappa shape index (κ3) is 6.96. The Bertz CT molecular complexity index is 1230. The largest absolute Gasteiger partial charge is 0.461 e. The third-order valence-electron chi connectivity index (χ3n) is 5.27. The molecular formula is C25H25N5O4S. The van der Waals surface area contributed by atoms with Gasteiger partial charge in [0.2, 0.25) is 0 Å². The highest BCUT2D eigenvalue weighted by Crippen LogP contribution is 2.27. The van der Waals surface area contributed by atoms with Gasteiger partial charge < -0.3 is 15.0 Å². The molecule has 0 spiro atoms. The summed E-state index contributed by atoms with van der Waals surface area (Å²) in [5, 5.41) is 25.8. The maximum atomic E-state index is 12.2. The Balaban J connectivity index is 1.61. The summed E-state index contributed by atoms with van der Waals surface area (Å²) in [7, 11) is 0. The van der Waals surface area contributed by atoms with Crippen molar-refractivity contribution in [3.05, 3.63) is 80.8 Å². The van der Waals surface area contributed by atoms with Gasteiger partial charge in [-0.3, -0.25) is 10.1 Å². The fourth-order valence-electron chi connectivity index (χ4n) is 3.17. The summed E-state index contributed by atoms with van der Waals surface area (Å²) in [6, 6.07) is 15.0. The molecule has 1 heterocycles. The van der Waals surface area contributed by atoms with Crippen molar-refractivity contribution in [3.8, 4) is 17.3 Å². The van der Waals surface area contributed by atoms with Gasteiger partial charge in [0, 0.05) is 41.5 Å². The second kappa shape index (κ2) is 12.4. The van der Waals surface area contributed by atoms with E-state index in [0.717, 1.165) is 18.7 Å². The molecule has 1 aromatic heterocycles. The van der Waals surface area contributed by atoms with Crippen LogP contribution in [0.15, 0.2) is 60.1 Å². The van der Waals surface area contributed by atoms with Crippen LogP contribution in [-0.4, -0.2) is 47.0 Å². The Morgan fingerprint density at radius 2 is 1.89 bits per heavy atom. The van der Waals surface area contributed by atoms with E-state index in [-0.39, 0.29) is 11.7 Å². The molecule has 0 radical (unpaired) electrons. The van der Waals surface area contributed by atoms with Gasteiger partial charge in [-0.05, 0) is 49.5 Å². The molecule has 35 heavy (non-hydrogen) atoms. The van der Waals surface area contributed by atoms with Crippen molar-refractivity contribution in [1.82, 2.24) is 9.88 Å². The maximum absolute atomic E-state index is 12.2. The predicted octanol–water partition coefficient (Wildman–Crippen LogP) is 5.19. The predicted molar refractivity (Wildman–Crippen MR) is 136 cm³/mol. The van der Waals surface area contributed by atoms with Crippen LogP contribution >= 0.6 is 11.3 Å². The number of nitriles is 1. The van der Waals surface area contributed by atoms with E-state index in [9.17, 15) is 20.2 Å². The first-order valence-electron chi connectivity index (χ1n) is 11.0. The number of thiazole rings is 1. The molecule has 0 aliphatic rings. The average Bonchev–Trinajstić information content (AvgIpc) is 3.37. The zero-order valence-corrected chi connectivity index (χ0v) is 20.2. The maximum Gasteiger partial charge on any atom is 0.338 e. The summed E-state index contributed by atoms with van der Waals surface area (Å²) in [5.74, 6) is -0.376. The quantitative estimate of drug-likeness (QED) is 0.168. The number of nitrogens with zero attached hydrogens (tertiary/aromatic N) is 4. The molecule has 0 aliphatic carbocycles. The summed E-state index contributed by atoms with van der Waals surface area (Å²) < 4.78 is 5.34. The number of hydrogen-bond acceptors (Lipinski definition) is 9. The van der Waals surface area contributed by atoms with Crippen LogP contribution in [0.4, 0.5) is 11.4 Å². The zero-order chi connectivity index (χ0) is 25.2. The van der Waals surface area contributed by atoms with Gasteiger partial charge in [-0.1, -0.05) is 13.8 Å². The van der Waals surface area contributed by atoms with Gasteiger partial charge in [-0.25, -0.2) is 9.78 Å². The second-order valence-electron chi connectivity index (χ2n) is 7.40. The van der Waals surface area contributed by atoms with Gasteiger partial charge in [-0.2, -0.15) is 5.26 Å². The molecule has 0 unspecified atom stereocenters. The summed E-state index contributed by atoms with van der Waals surface area (Å²) in [4.78, 5) is 29.3. The number of esters is 1. The van der Waals surface area contributed by atoms with Crippen LogP contribution in [0.1, 0.15) is 29.2 Å². The number of non-ortho nitro benzene ring substituents is 1. The number of allylic oxidation sites excluding steroid dienone is 1. The Kier molecular flexibility index (Phi) is 9.06. The van der Waals surface area contributed by atoms with E-state index in [0.29, 0.717) is 40.7 Å². The van der Waals surface area contributed by atoms with E-state index in [1.165, 1.54) is 23.5 Å². The van der Waals surface area contributed by atoms with Gasteiger partial charge >= 0.3 is 5.97 Å². The first-order chi connectivity index (χ1) is 16.9. The van der Waals surface area contributed by atoms with Gasteiger partial charge in [0.15, 0.2) is 0 Å². The fourth-order valence-corrected chi connectivity index (χ4v) is 3.97. The molecule has 2 aromatic carbocycles. The number of nitro groups is 1. The van der Waals surface area contributed by atoms with Crippen molar-refractivity contribution in [2.45, 2.75) is 13.8 Å². The minimum atomic E-state index is -0.457. The lowest BCUT2D eigenvalue weighted by Gasteiger charge is -2.17. The van der Waals surface area contributed by atoms with E-state index in [1.54, 1.807) is 48.0 Å². The first kappa shape index (κ1) is 25.6. The van der Waals surface area contributed by atoms with Crippen molar-refractivity contribution in [3.63, 3.8) is 0 Å². The van der Waals surface area contributed by atoms with Gasteiger partial charge in [0.25, 0.3) is 5.69 Å². The molecule has 3 rings (SSSR count). The monoisotopic (exact) mass is 491 g/mol. The number of carbonyl (C=O) groups is 1.